The van der Waals surface area contributed by atoms with Crippen molar-refractivity contribution in [3.8, 4) is 0 Å². The molecule has 0 aromatic heterocycles. The molecule has 0 saturated heterocycles. The van der Waals surface area contributed by atoms with Crippen molar-refractivity contribution >= 4 is 5.78 Å². The Morgan fingerprint density at radius 2 is 2.10 bits per heavy atom. The van der Waals surface area contributed by atoms with Crippen molar-refractivity contribution in [1.29, 1.82) is 0 Å². The molecule has 0 spiro atoms. The second kappa shape index (κ2) is 5.42. The summed E-state index contributed by atoms with van der Waals surface area (Å²) in [5, 5.41) is 0. The monoisotopic (exact) mass is 144 g/mol. The summed E-state index contributed by atoms with van der Waals surface area (Å²) < 4.78 is 5.25. The molecule has 0 fully saturated rings. The van der Waals surface area contributed by atoms with Gasteiger partial charge in [-0.1, -0.05) is 13.8 Å². The fourth-order valence-corrected chi connectivity index (χ4v) is 0.783. The van der Waals surface area contributed by atoms with E-state index >= 15 is 0 Å². The molecule has 1 unspecified atom stereocenters. The summed E-state index contributed by atoms with van der Waals surface area (Å²) in [5.41, 5.74) is 0. The Morgan fingerprint density at radius 3 is 2.40 bits per heavy atom. The highest BCUT2D eigenvalue weighted by Crippen LogP contribution is 1.99. The maximum atomic E-state index is 10.8. The number of carbonyl (C=O) groups is 1. The Bertz CT molecular complexity index is 99.4. The molecule has 1 atom stereocenters. The predicted octanol–water partition coefficient (Wildman–Crippen LogP) is 1.78. The molecule has 0 bridgehead atoms. The van der Waals surface area contributed by atoms with Gasteiger partial charge in [0.1, 0.15) is 6.10 Å². The summed E-state index contributed by atoms with van der Waals surface area (Å²) >= 11 is 0. The molecule has 0 aliphatic carbocycles. The predicted molar refractivity (Wildman–Crippen MR) is 41.0 cm³/mol. The lowest BCUT2D eigenvalue weighted by molar-refractivity contribution is -0.128. The normalized spacial score (nSPS) is 13.1. The van der Waals surface area contributed by atoms with E-state index in [9.17, 15) is 4.79 Å². The Morgan fingerprint density at radius 1 is 1.50 bits per heavy atom. The molecule has 0 heterocycles. The lowest BCUT2D eigenvalue weighted by atomic mass is 10.2. The molecule has 0 saturated carbocycles. The fraction of sp³-hybridized carbons (Fsp3) is 0.875. The Balaban J connectivity index is 3.50. The van der Waals surface area contributed by atoms with Crippen LogP contribution in [0, 0.1) is 0 Å². The van der Waals surface area contributed by atoms with Crippen LogP contribution in [0.15, 0.2) is 0 Å². The first-order valence-corrected chi connectivity index (χ1v) is 3.84. The van der Waals surface area contributed by atoms with Crippen molar-refractivity contribution in [2.45, 2.75) is 39.7 Å². The highest BCUT2D eigenvalue weighted by atomic mass is 16.5. The lowest BCUT2D eigenvalue weighted by Crippen LogP contribution is -2.20. The molecular weight excluding hydrogens is 128 g/mol. The van der Waals surface area contributed by atoms with Gasteiger partial charge in [-0.3, -0.25) is 4.79 Å². The Labute approximate surface area is 62.6 Å². The van der Waals surface area contributed by atoms with E-state index in [1.54, 1.807) is 6.92 Å². The van der Waals surface area contributed by atoms with E-state index in [4.69, 9.17) is 4.74 Å². The van der Waals surface area contributed by atoms with Crippen molar-refractivity contribution in [3.05, 3.63) is 0 Å². The summed E-state index contributed by atoms with van der Waals surface area (Å²) in [6, 6.07) is 0. The molecule has 0 N–H and O–H groups in total. The molecule has 60 valence electrons. The van der Waals surface area contributed by atoms with E-state index in [0.29, 0.717) is 6.61 Å². The largest absolute Gasteiger partial charge is 0.370 e. The van der Waals surface area contributed by atoms with E-state index in [-0.39, 0.29) is 11.9 Å². The molecule has 2 nitrogen and oxygen atoms in total. The van der Waals surface area contributed by atoms with Crippen LogP contribution in [-0.2, 0) is 9.53 Å². The molecule has 0 rings (SSSR count). The number of carbonyl (C=O) groups excluding carboxylic acids is 1. The summed E-state index contributed by atoms with van der Waals surface area (Å²) in [7, 11) is 0. The molecule has 10 heavy (non-hydrogen) atoms. The standard InChI is InChI=1S/C8H16O2/c1-4-6-10-8(5-2)7(3)9/h8H,4-6H2,1-3H3. The minimum atomic E-state index is -0.167. The van der Waals surface area contributed by atoms with Gasteiger partial charge in [0.2, 0.25) is 0 Å². The molecule has 0 aromatic rings. The second-order valence-corrected chi connectivity index (χ2v) is 2.38. The van der Waals surface area contributed by atoms with Gasteiger partial charge in [0, 0.05) is 6.61 Å². The molecule has 0 aromatic carbocycles. The van der Waals surface area contributed by atoms with Gasteiger partial charge >= 0.3 is 0 Å². The third-order valence-corrected chi connectivity index (χ3v) is 1.35. The zero-order valence-electron chi connectivity index (χ0n) is 7.02. The number of Topliss-reactive ketones (excluding diaryl/α,β-unsaturated/α-hetero) is 1. The topological polar surface area (TPSA) is 26.3 Å². The van der Waals surface area contributed by atoms with E-state index in [1.807, 2.05) is 13.8 Å². The Kier molecular flexibility index (Phi) is 5.22. The van der Waals surface area contributed by atoms with Crippen molar-refractivity contribution in [2.75, 3.05) is 6.61 Å². The zero-order valence-corrected chi connectivity index (χ0v) is 7.02. The SMILES string of the molecule is CCCOC(CC)C(C)=O. The van der Waals surface area contributed by atoms with Gasteiger partial charge in [-0.05, 0) is 19.8 Å². The molecule has 2 heteroatoms. The molecule has 0 aliphatic rings. The summed E-state index contributed by atoms with van der Waals surface area (Å²) in [6.45, 7) is 6.26. The Hall–Kier alpha value is -0.370. The number of hydrogen-bond acceptors (Lipinski definition) is 2. The average molecular weight is 144 g/mol. The number of rotatable bonds is 5. The molecule has 0 radical (unpaired) electrons. The first kappa shape index (κ1) is 9.63. The minimum absolute atomic E-state index is 0.135. The smallest absolute Gasteiger partial charge is 0.158 e. The van der Waals surface area contributed by atoms with Gasteiger partial charge in [0.25, 0.3) is 0 Å². The van der Waals surface area contributed by atoms with Crippen molar-refractivity contribution < 1.29 is 9.53 Å². The minimum Gasteiger partial charge on any atom is -0.370 e. The van der Waals surface area contributed by atoms with E-state index in [1.165, 1.54) is 0 Å². The van der Waals surface area contributed by atoms with Gasteiger partial charge in [-0.2, -0.15) is 0 Å². The second-order valence-electron chi connectivity index (χ2n) is 2.38. The fourth-order valence-electron chi connectivity index (χ4n) is 0.783. The van der Waals surface area contributed by atoms with Gasteiger partial charge < -0.3 is 4.74 Å². The van der Waals surface area contributed by atoms with Gasteiger partial charge in [0.15, 0.2) is 5.78 Å². The van der Waals surface area contributed by atoms with Crippen LogP contribution in [0.1, 0.15) is 33.6 Å². The summed E-state index contributed by atoms with van der Waals surface area (Å²) in [5.74, 6) is 0.135. The third-order valence-electron chi connectivity index (χ3n) is 1.35. The molecule has 0 aliphatic heterocycles. The number of hydrogen-bond donors (Lipinski definition) is 0. The number of ether oxygens (including phenoxy) is 1. The van der Waals surface area contributed by atoms with Gasteiger partial charge in [-0.25, -0.2) is 0 Å². The number of ketones is 1. The van der Waals surface area contributed by atoms with E-state index in [0.717, 1.165) is 12.8 Å². The van der Waals surface area contributed by atoms with Crippen LogP contribution in [0.2, 0.25) is 0 Å². The lowest BCUT2D eigenvalue weighted by Gasteiger charge is -2.10. The van der Waals surface area contributed by atoms with E-state index < -0.39 is 0 Å². The van der Waals surface area contributed by atoms with Gasteiger partial charge in [0.05, 0.1) is 0 Å². The van der Waals surface area contributed by atoms with Crippen LogP contribution in [0.5, 0.6) is 0 Å². The molecule has 0 amide bonds. The molecular formula is C8H16O2. The van der Waals surface area contributed by atoms with Crippen molar-refractivity contribution in [3.63, 3.8) is 0 Å². The quantitative estimate of drug-likeness (QED) is 0.588. The van der Waals surface area contributed by atoms with Gasteiger partial charge in [-0.15, -0.1) is 0 Å². The first-order valence-electron chi connectivity index (χ1n) is 3.84. The highest BCUT2D eigenvalue weighted by molar-refractivity contribution is 5.80. The first-order chi connectivity index (χ1) is 4.72. The maximum Gasteiger partial charge on any atom is 0.158 e. The summed E-state index contributed by atoms with van der Waals surface area (Å²) in [6.07, 6.45) is 1.60. The van der Waals surface area contributed by atoms with Crippen LogP contribution < -0.4 is 0 Å². The maximum absolute atomic E-state index is 10.8. The highest BCUT2D eigenvalue weighted by Gasteiger charge is 2.10. The van der Waals surface area contributed by atoms with E-state index in [2.05, 4.69) is 0 Å². The van der Waals surface area contributed by atoms with Crippen LogP contribution in [0.25, 0.3) is 0 Å². The summed E-state index contributed by atoms with van der Waals surface area (Å²) in [4.78, 5) is 10.8. The van der Waals surface area contributed by atoms with Crippen molar-refractivity contribution in [1.82, 2.24) is 0 Å². The van der Waals surface area contributed by atoms with Crippen molar-refractivity contribution in [2.24, 2.45) is 0 Å². The van der Waals surface area contributed by atoms with Crippen LogP contribution in [0.3, 0.4) is 0 Å². The zero-order chi connectivity index (χ0) is 7.98. The average Bonchev–Trinajstić information content (AvgIpc) is 1.89. The third kappa shape index (κ3) is 3.62. The van der Waals surface area contributed by atoms with Crippen LogP contribution in [0.4, 0.5) is 0 Å². The van der Waals surface area contributed by atoms with Crippen LogP contribution in [-0.4, -0.2) is 18.5 Å². The van der Waals surface area contributed by atoms with Crippen LogP contribution >= 0.6 is 0 Å².